The van der Waals surface area contributed by atoms with Crippen molar-refractivity contribution in [2.24, 2.45) is 0 Å². The Bertz CT molecular complexity index is 462. The number of amides is 1. The molecule has 2 rings (SSSR count). The Balaban J connectivity index is 2.10. The van der Waals surface area contributed by atoms with Crippen molar-refractivity contribution >= 4 is 34.1 Å². The van der Waals surface area contributed by atoms with Gasteiger partial charge in [0, 0.05) is 45.4 Å². The van der Waals surface area contributed by atoms with Gasteiger partial charge in [-0.1, -0.05) is 11.3 Å². The van der Waals surface area contributed by atoms with Crippen molar-refractivity contribution < 1.29 is 14.3 Å². The van der Waals surface area contributed by atoms with Crippen LogP contribution in [-0.4, -0.2) is 62.9 Å². The number of thioether (sulfide) groups is 1. The zero-order valence-corrected chi connectivity index (χ0v) is 14.0. The average Bonchev–Trinajstić information content (AvgIpc) is 2.93. The van der Waals surface area contributed by atoms with E-state index in [0.29, 0.717) is 30.3 Å². The minimum Gasteiger partial charge on any atom is -0.383 e. The Morgan fingerprint density at radius 1 is 1.33 bits per heavy atom. The molecule has 0 unspecified atom stereocenters. The van der Waals surface area contributed by atoms with Crippen molar-refractivity contribution in [2.75, 3.05) is 56.9 Å². The van der Waals surface area contributed by atoms with Crippen LogP contribution in [-0.2, 0) is 16.1 Å². The maximum Gasteiger partial charge on any atom is 0.263 e. The fraction of sp³-hybridized carbons (Fsp3) is 0.692. The summed E-state index contributed by atoms with van der Waals surface area (Å²) in [4.78, 5) is 19.7. The van der Waals surface area contributed by atoms with Gasteiger partial charge in [-0.25, -0.2) is 4.98 Å². The molecule has 1 saturated heterocycles. The number of carbonyl (C=O) groups excluding carboxylic acids is 1. The van der Waals surface area contributed by atoms with Crippen LogP contribution >= 0.6 is 23.1 Å². The summed E-state index contributed by atoms with van der Waals surface area (Å²) in [5.41, 5.74) is 0.714. The number of nitrogens with zero attached hydrogens (tertiary/aromatic N) is 2. The summed E-state index contributed by atoms with van der Waals surface area (Å²) >= 11 is 3.40. The fourth-order valence-corrected chi connectivity index (χ4v) is 3.93. The lowest BCUT2D eigenvalue weighted by molar-refractivity contribution is 0.0936. The van der Waals surface area contributed by atoms with E-state index in [2.05, 4.69) is 15.2 Å². The molecule has 1 aliphatic rings. The third-order valence-corrected chi connectivity index (χ3v) is 5.15. The summed E-state index contributed by atoms with van der Waals surface area (Å²) in [5.74, 6) is 2.11. The second-order valence-electron chi connectivity index (χ2n) is 4.55. The second kappa shape index (κ2) is 8.57. The molecule has 1 aromatic heterocycles. The van der Waals surface area contributed by atoms with Crippen molar-refractivity contribution in [3.05, 3.63) is 10.6 Å². The quantitative estimate of drug-likeness (QED) is 0.758. The third-order valence-electron chi connectivity index (χ3n) is 3.05. The first-order chi connectivity index (χ1) is 10.3. The molecule has 118 valence electrons. The highest BCUT2D eigenvalue weighted by Gasteiger charge is 2.22. The minimum atomic E-state index is -0.103. The van der Waals surface area contributed by atoms with E-state index in [1.165, 1.54) is 11.3 Å². The highest BCUT2D eigenvalue weighted by atomic mass is 32.2. The van der Waals surface area contributed by atoms with Crippen LogP contribution in [0.2, 0.25) is 0 Å². The number of aromatic nitrogens is 1. The Kier molecular flexibility index (Phi) is 6.75. The lowest BCUT2D eigenvalue weighted by Crippen LogP contribution is -2.32. The van der Waals surface area contributed by atoms with Crippen LogP contribution in [0, 0.1) is 0 Å². The summed E-state index contributed by atoms with van der Waals surface area (Å²) in [7, 11) is 3.23. The Hall–Kier alpha value is -0.830. The fourth-order valence-electron chi connectivity index (χ4n) is 1.99. The maximum atomic E-state index is 12.2. The van der Waals surface area contributed by atoms with Gasteiger partial charge >= 0.3 is 0 Å². The van der Waals surface area contributed by atoms with Crippen molar-refractivity contribution in [2.45, 2.75) is 6.61 Å². The molecule has 1 fully saturated rings. The topological polar surface area (TPSA) is 63.7 Å². The predicted molar refractivity (Wildman–Crippen MR) is 86.6 cm³/mol. The molecule has 1 N–H and O–H groups in total. The number of methoxy groups -OCH3 is 2. The number of nitrogens with one attached hydrogen (secondary N) is 1. The van der Waals surface area contributed by atoms with Crippen molar-refractivity contribution in [3.8, 4) is 0 Å². The molecule has 0 atom stereocenters. The monoisotopic (exact) mass is 331 g/mol. The van der Waals surface area contributed by atoms with Crippen LogP contribution in [0.3, 0.4) is 0 Å². The molecule has 6 nitrogen and oxygen atoms in total. The molecule has 1 aromatic rings. The van der Waals surface area contributed by atoms with Gasteiger partial charge < -0.3 is 19.7 Å². The van der Waals surface area contributed by atoms with E-state index >= 15 is 0 Å². The van der Waals surface area contributed by atoms with E-state index in [1.807, 2.05) is 11.8 Å². The standard InChI is InChI=1S/C13H21N3O3S2/c1-18-6-3-14-12(17)11-10(9-19-2)15-13(21-11)16-4-7-20-8-5-16/h3-9H2,1-2H3,(H,14,17). The maximum absolute atomic E-state index is 12.2. The van der Waals surface area contributed by atoms with Crippen molar-refractivity contribution in [1.82, 2.24) is 10.3 Å². The van der Waals surface area contributed by atoms with Crippen LogP contribution in [0.15, 0.2) is 0 Å². The zero-order valence-electron chi connectivity index (χ0n) is 12.4. The number of hydrogen-bond acceptors (Lipinski definition) is 7. The molecule has 0 bridgehead atoms. The number of rotatable bonds is 7. The highest BCUT2D eigenvalue weighted by molar-refractivity contribution is 7.99. The Labute approximate surface area is 133 Å². The molecule has 0 saturated carbocycles. The van der Waals surface area contributed by atoms with Gasteiger partial charge in [-0.2, -0.15) is 11.8 Å². The first-order valence-electron chi connectivity index (χ1n) is 6.84. The van der Waals surface area contributed by atoms with E-state index in [0.717, 1.165) is 29.7 Å². The zero-order chi connectivity index (χ0) is 15.1. The number of thiazole rings is 1. The van der Waals surface area contributed by atoms with Gasteiger partial charge in [-0.15, -0.1) is 0 Å². The van der Waals surface area contributed by atoms with Gasteiger partial charge in [0.25, 0.3) is 5.91 Å². The first-order valence-corrected chi connectivity index (χ1v) is 8.82. The smallest absolute Gasteiger partial charge is 0.263 e. The molecule has 2 heterocycles. The van der Waals surface area contributed by atoms with Gasteiger partial charge in [-0.3, -0.25) is 4.79 Å². The molecular formula is C13H21N3O3S2. The van der Waals surface area contributed by atoms with E-state index in [4.69, 9.17) is 9.47 Å². The minimum absolute atomic E-state index is 0.103. The number of carbonyl (C=O) groups is 1. The Morgan fingerprint density at radius 3 is 2.76 bits per heavy atom. The SMILES string of the molecule is COCCNC(=O)c1sc(N2CCSCC2)nc1COC. The molecule has 0 aliphatic carbocycles. The first kappa shape index (κ1) is 16.5. The van der Waals surface area contributed by atoms with E-state index in [-0.39, 0.29) is 5.91 Å². The number of hydrogen-bond donors (Lipinski definition) is 1. The lowest BCUT2D eigenvalue weighted by atomic mass is 10.3. The molecule has 0 aromatic carbocycles. The molecule has 1 amide bonds. The van der Waals surface area contributed by atoms with Crippen LogP contribution in [0.5, 0.6) is 0 Å². The van der Waals surface area contributed by atoms with E-state index < -0.39 is 0 Å². The summed E-state index contributed by atoms with van der Waals surface area (Å²) in [6.07, 6.45) is 0. The summed E-state index contributed by atoms with van der Waals surface area (Å²) < 4.78 is 10.1. The predicted octanol–water partition coefficient (Wildman–Crippen LogP) is 1.22. The molecule has 0 radical (unpaired) electrons. The number of ether oxygens (including phenoxy) is 2. The van der Waals surface area contributed by atoms with E-state index in [1.54, 1.807) is 14.2 Å². The van der Waals surface area contributed by atoms with Crippen LogP contribution < -0.4 is 10.2 Å². The molecule has 8 heteroatoms. The van der Waals surface area contributed by atoms with Crippen molar-refractivity contribution in [3.63, 3.8) is 0 Å². The lowest BCUT2D eigenvalue weighted by Gasteiger charge is -2.25. The van der Waals surface area contributed by atoms with Gasteiger partial charge in [0.2, 0.25) is 0 Å². The third kappa shape index (κ3) is 4.57. The van der Waals surface area contributed by atoms with Gasteiger partial charge in [0.15, 0.2) is 5.13 Å². The van der Waals surface area contributed by atoms with Gasteiger partial charge in [0.1, 0.15) is 4.88 Å². The van der Waals surface area contributed by atoms with Gasteiger partial charge in [-0.05, 0) is 0 Å². The number of anilines is 1. The molecule has 0 spiro atoms. The Morgan fingerprint density at radius 2 is 2.10 bits per heavy atom. The molecular weight excluding hydrogens is 310 g/mol. The average molecular weight is 331 g/mol. The summed E-state index contributed by atoms with van der Waals surface area (Å²) in [5, 5.41) is 3.76. The normalized spacial score (nSPS) is 15.2. The summed E-state index contributed by atoms with van der Waals surface area (Å²) in [6, 6.07) is 0. The van der Waals surface area contributed by atoms with Crippen LogP contribution in [0.25, 0.3) is 0 Å². The largest absolute Gasteiger partial charge is 0.383 e. The van der Waals surface area contributed by atoms with Crippen LogP contribution in [0.1, 0.15) is 15.4 Å². The highest BCUT2D eigenvalue weighted by Crippen LogP contribution is 2.28. The van der Waals surface area contributed by atoms with Crippen molar-refractivity contribution in [1.29, 1.82) is 0 Å². The summed E-state index contributed by atoms with van der Waals surface area (Å²) in [6.45, 7) is 3.31. The van der Waals surface area contributed by atoms with Gasteiger partial charge in [0.05, 0.1) is 18.9 Å². The molecule has 21 heavy (non-hydrogen) atoms. The van der Waals surface area contributed by atoms with Crippen LogP contribution in [0.4, 0.5) is 5.13 Å². The molecule has 1 aliphatic heterocycles. The second-order valence-corrected chi connectivity index (χ2v) is 6.76. The van der Waals surface area contributed by atoms with E-state index in [9.17, 15) is 4.79 Å².